The van der Waals surface area contributed by atoms with Crippen molar-refractivity contribution in [3.8, 4) is 0 Å². The van der Waals surface area contributed by atoms with E-state index in [9.17, 15) is 4.79 Å². The molecule has 108 valence electrons. The molecule has 0 fully saturated rings. The summed E-state index contributed by atoms with van der Waals surface area (Å²) in [6.07, 6.45) is 13.9. The summed E-state index contributed by atoms with van der Waals surface area (Å²) in [6, 6.07) is 0. The second-order valence-corrected chi connectivity index (χ2v) is 5.29. The molecule has 0 unspecified atom stereocenters. The third-order valence-electron chi connectivity index (χ3n) is 3.47. The van der Waals surface area contributed by atoms with Crippen molar-refractivity contribution in [2.45, 2.75) is 78.2 Å². The van der Waals surface area contributed by atoms with Crippen molar-refractivity contribution in [1.82, 2.24) is 9.78 Å². The Bertz CT molecular complexity index is 357. The number of carbonyl (C=O) groups is 1. The molecule has 1 rings (SSSR count). The van der Waals surface area contributed by atoms with E-state index in [4.69, 9.17) is 0 Å². The zero-order valence-electron chi connectivity index (χ0n) is 12.5. The van der Waals surface area contributed by atoms with Crippen LogP contribution in [0.4, 0.5) is 0 Å². The highest BCUT2D eigenvalue weighted by atomic mass is 16.1. The summed E-state index contributed by atoms with van der Waals surface area (Å²) in [5, 5.41) is 4.19. The normalized spacial score (nSPS) is 10.8. The van der Waals surface area contributed by atoms with Crippen LogP contribution in [0, 0.1) is 0 Å². The number of hydrogen-bond donors (Lipinski definition) is 0. The minimum absolute atomic E-state index is 0.351. The lowest BCUT2D eigenvalue weighted by Crippen LogP contribution is -2.02. The monoisotopic (exact) mass is 264 g/mol. The molecule has 0 N–H and O–H groups in total. The van der Waals surface area contributed by atoms with Crippen LogP contribution in [0.5, 0.6) is 0 Å². The van der Waals surface area contributed by atoms with Gasteiger partial charge < -0.3 is 0 Å². The number of carbonyl (C=O) groups excluding carboxylic acids is 1. The smallest absolute Gasteiger partial charge is 0.137 e. The minimum Gasteiger partial charge on any atom is -0.299 e. The topological polar surface area (TPSA) is 34.9 Å². The molecule has 0 aliphatic rings. The average Bonchev–Trinajstić information content (AvgIpc) is 2.85. The van der Waals surface area contributed by atoms with Gasteiger partial charge in [-0.3, -0.25) is 9.48 Å². The summed E-state index contributed by atoms with van der Waals surface area (Å²) < 4.78 is 1.87. The van der Waals surface area contributed by atoms with Crippen LogP contribution >= 0.6 is 0 Å². The largest absolute Gasteiger partial charge is 0.299 e. The highest BCUT2D eigenvalue weighted by Crippen LogP contribution is 2.10. The van der Waals surface area contributed by atoms with Crippen molar-refractivity contribution in [1.29, 1.82) is 0 Å². The van der Waals surface area contributed by atoms with E-state index in [1.807, 2.05) is 17.1 Å². The fraction of sp³-hybridized carbons (Fsp3) is 0.750. The number of hydrogen-bond acceptors (Lipinski definition) is 2. The van der Waals surface area contributed by atoms with Crippen LogP contribution in [0.2, 0.25) is 0 Å². The Morgan fingerprint density at radius 2 is 1.79 bits per heavy atom. The Labute approximate surface area is 117 Å². The van der Waals surface area contributed by atoms with E-state index in [1.165, 1.54) is 38.5 Å². The Balaban J connectivity index is 2.04. The zero-order chi connectivity index (χ0) is 13.9. The number of Topliss-reactive ketones (excluding diaryl/α,β-unsaturated/α-hetero) is 1. The predicted molar refractivity (Wildman–Crippen MR) is 79.2 cm³/mol. The molecule has 0 saturated heterocycles. The molecule has 0 amide bonds. The summed E-state index contributed by atoms with van der Waals surface area (Å²) in [4.78, 5) is 11.8. The van der Waals surface area contributed by atoms with E-state index in [1.54, 1.807) is 0 Å². The van der Waals surface area contributed by atoms with Gasteiger partial charge in [-0.05, 0) is 18.9 Å². The molecule has 0 atom stereocenters. The molecule has 3 nitrogen and oxygen atoms in total. The van der Waals surface area contributed by atoms with Gasteiger partial charge in [-0.1, -0.05) is 45.4 Å². The van der Waals surface area contributed by atoms with Gasteiger partial charge in [0.2, 0.25) is 0 Å². The maximum atomic E-state index is 11.8. The Kier molecular flexibility index (Phi) is 8.19. The first-order chi connectivity index (χ1) is 9.26. The van der Waals surface area contributed by atoms with E-state index < -0.39 is 0 Å². The molecule has 19 heavy (non-hydrogen) atoms. The second-order valence-electron chi connectivity index (χ2n) is 5.29. The SMILES string of the molecule is CCCCCCCCCC(=O)Cc1cnn(CC)c1. The number of aryl methyl sites for hydroxylation is 1. The third-order valence-corrected chi connectivity index (χ3v) is 3.47. The lowest BCUT2D eigenvalue weighted by Gasteiger charge is -2.01. The summed E-state index contributed by atoms with van der Waals surface area (Å²) >= 11 is 0. The van der Waals surface area contributed by atoms with Gasteiger partial charge in [0.05, 0.1) is 6.20 Å². The molecule has 1 heterocycles. The number of aromatic nitrogens is 2. The van der Waals surface area contributed by atoms with Gasteiger partial charge in [-0.15, -0.1) is 0 Å². The van der Waals surface area contributed by atoms with Gasteiger partial charge >= 0.3 is 0 Å². The molecule has 0 saturated carbocycles. The van der Waals surface area contributed by atoms with Gasteiger partial charge in [0.1, 0.15) is 5.78 Å². The minimum atomic E-state index is 0.351. The number of unbranched alkanes of at least 4 members (excludes halogenated alkanes) is 6. The first-order valence-electron chi connectivity index (χ1n) is 7.79. The van der Waals surface area contributed by atoms with E-state index >= 15 is 0 Å². The van der Waals surface area contributed by atoms with Gasteiger partial charge in [0, 0.05) is 25.6 Å². The molecule has 0 aliphatic heterocycles. The highest BCUT2D eigenvalue weighted by molar-refractivity contribution is 5.80. The van der Waals surface area contributed by atoms with Crippen molar-refractivity contribution in [2.75, 3.05) is 0 Å². The molecule has 1 aromatic rings. The van der Waals surface area contributed by atoms with Crippen molar-refractivity contribution in [2.24, 2.45) is 0 Å². The van der Waals surface area contributed by atoms with Crippen molar-refractivity contribution in [3.05, 3.63) is 18.0 Å². The maximum absolute atomic E-state index is 11.8. The van der Waals surface area contributed by atoms with E-state index in [2.05, 4.69) is 18.9 Å². The fourth-order valence-corrected chi connectivity index (χ4v) is 2.27. The van der Waals surface area contributed by atoms with E-state index in [0.29, 0.717) is 12.2 Å². The third kappa shape index (κ3) is 7.14. The second kappa shape index (κ2) is 9.76. The van der Waals surface area contributed by atoms with Crippen LogP contribution in [-0.4, -0.2) is 15.6 Å². The molecule has 0 radical (unpaired) electrons. The molecule has 0 spiro atoms. The summed E-state index contributed by atoms with van der Waals surface area (Å²) in [5.41, 5.74) is 1.05. The highest BCUT2D eigenvalue weighted by Gasteiger charge is 2.05. The molecular weight excluding hydrogens is 236 g/mol. The fourth-order valence-electron chi connectivity index (χ4n) is 2.27. The quantitative estimate of drug-likeness (QED) is 0.563. The standard InChI is InChI=1S/C16H28N2O/c1-3-5-6-7-8-9-10-11-16(19)12-15-13-17-18(4-2)14-15/h13-14H,3-12H2,1-2H3. The number of nitrogens with zero attached hydrogens (tertiary/aromatic N) is 2. The molecule has 0 aromatic carbocycles. The van der Waals surface area contributed by atoms with Crippen LogP contribution in [-0.2, 0) is 17.8 Å². The van der Waals surface area contributed by atoms with Gasteiger partial charge in [0.15, 0.2) is 0 Å². The molecule has 3 heteroatoms. The Morgan fingerprint density at radius 3 is 2.42 bits per heavy atom. The lowest BCUT2D eigenvalue weighted by atomic mass is 10.0. The van der Waals surface area contributed by atoms with Crippen LogP contribution in [0.25, 0.3) is 0 Å². The van der Waals surface area contributed by atoms with Crippen LogP contribution in [0.1, 0.15) is 70.8 Å². The zero-order valence-corrected chi connectivity index (χ0v) is 12.5. The van der Waals surface area contributed by atoms with Crippen molar-refractivity contribution < 1.29 is 4.79 Å². The molecule has 1 aromatic heterocycles. The predicted octanol–water partition coefficient (Wildman–Crippen LogP) is 4.16. The first kappa shape index (κ1) is 15.9. The maximum Gasteiger partial charge on any atom is 0.137 e. The van der Waals surface area contributed by atoms with Crippen molar-refractivity contribution >= 4 is 5.78 Å². The lowest BCUT2D eigenvalue weighted by molar-refractivity contribution is -0.118. The van der Waals surface area contributed by atoms with E-state index in [0.717, 1.165) is 24.9 Å². The van der Waals surface area contributed by atoms with Gasteiger partial charge in [0.25, 0.3) is 0 Å². The number of rotatable bonds is 11. The molecule has 0 aliphatic carbocycles. The molecular formula is C16H28N2O. The van der Waals surface area contributed by atoms with E-state index in [-0.39, 0.29) is 0 Å². The average molecular weight is 264 g/mol. The molecule has 0 bridgehead atoms. The van der Waals surface area contributed by atoms with Gasteiger partial charge in [-0.2, -0.15) is 5.10 Å². The Morgan fingerprint density at radius 1 is 1.11 bits per heavy atom. The first-order valence-corrected chi connectivity index (χ1v) is 7.79. The van der Waals surface area contributed by atoms with Crippen LogP contribution in [0.3, 0.4) is 0 Å². The Hall–Kier alpha value is -1.12. The number of ketones is 1. The van der Waals surface area contributed by atoms with Gasteiger partial charge in [-0.25, -0.2) is 0 Å². The van der Waals surface area contributed by atoms with Crippen LogP contribution < -0.4 is 0 Å². The summed E-state index contributed by atoms with van der Waals surface area (Å²) in [7, 11) is 0. The summed E-state index contributed by atoms with van der Waals surface area (Å²) in [6.45, 7) is 5.16. The van der Waals surface area contributed by atoms with Crippen molar-refractivity contribution in [3.63, 3.8) is 0 Å². The van der Waals surface area contributed by atoms with Crippen LogP contribution in [0.15, 0.2) is 12.4 Å². The summed E-state index contributed by atoms with van der Waals surface area (Å²) in [5.74, 6) is 0.351.